The van der Waals surface area contributed by atoms with Crippen LogP contribution < -0.4 is 0 Å². The van der Waals surface area contributed by atoms with E-state index in [-0.39, 0.29) is 25.5 Å². The third kappa shape index (κ3) is 2.49. The summed E-state index contributed by atoms with van der Waals surface area (Å²) in [5.74, 6) is -1.22. The minimum Gasteiger partial charge on any atom is -0.463 e. The monoisotopic (exact) mass is 286 g/mol. The molecular formula is C16H18N2O3. The molecule has 2 atom stereocenters. The van der Waals surface area contributed by atoms with E-state index < -0.39 is 17.4 Å². The third-order valence-corrected chi connectivity index (χ3v) is 3.86. The number of ether oxygens (including phenoxy) is 1. The van der Waals surface area contributed by atoms with Gasteiger partial charge in [0, 0.05) is 18.9 Å². The van der Waals surface area contributed by atoms with Gasteiger partial charge in [-0.1, -0.05) is 37.3 Å². The third-order valence-electron chi connectivity index (χ3n) is 3.86. The van der Waals surface area contributed by atoms with Crippen LogP contribution >= 0.6 is 0 Å². The van der Waals surface area contributed by atoms with Gasteiger partial charge in [0.25, 0.3) is 0 Å². The van der Waals surface area contributed by atoms with Crippen LogP contribution in [0.4, 0.5) is 0 Å². The van der Waals surface area contributed by atoms with Crippen molar-refractivity contribution in [1.82, 2.24) is 4.90 Å². The summed E-state index contributed by atoms with van der Waals surface area (Å²) in [6.07, 6.45) is 0.180. The molecule has 2 rings (SSSR count). The van der Waals surface area contributed by atoms with Gasteiger partial charge in [0.05, 0.1) is 6.61 Å². The average Bonchev–Trinajstić information content (AvgIpc) is 2.72. The molecule has 0 saturated carbocycles. The molecule has 1 heterocycles. The van der Waals surface area contributed by atoms with Crippen molar-refractivity contribution < 1.29 is 14.3 Å². The summed E-state index contributed by atoms with van der Waals surface area (Å²) >= 11 is 0. The van der Waals surface area contributed by atoms with E-state index in [1.165, 1.54) is 4.90 Å². The second-order valence-corrected chi connectivity index (χ2v) is 5.17. The maximum atomic E-state index is 12.3. The van der Waals surface area contributed by atoms with Gasteiger partial charge >= 0.3 is 5.97 Å². The molecule has 1 aliphatic heterocycles. The first-order chi connectivity index (χ1) is 10.1. The van der Waals surface area contributed by atoms with Crippen molar-refractivity contribution in [1.29, 1.82) is 5.26 Å². The predicted octanol–water partition coefficient (Wildman–Crippen LogP) is 1.88. The predicted molar refractivity (Wildman–Crippen MR) is 75.8 cm³/mol. The molecule has 1 amide bonds. The molecule has 0 radical (unpaired) electrons. The second-order valence-electron chi connectivity index (χ2n) is 5.17. The van der Waals surface area contributed by atoms with Crippen LogP contribution in [0.15, 0.2) is 30.3 Å². The molecule has 1 saturated heterocycles. The van der Waals surface area contributed by atoms with E-state index in [2.05, 4.69) is 0 Å². The lowest BCUT2D eigenvalue weighted by atomic mass is 9.87. The average molecular weight is 286 g/mol. The number of nitrogens with zero attached hydrogens (tertiary/aromatic N) is 2. The molecule has 0 aliphatic carbocycles. The molecule has 0 unspecified atom stereocenters. The van der Waals surface area contributed by atoms with Gasteiger partial charge in [0.1, 0.15) is 6.07 Å². The van der Waals surface area contributed by atoms with E-state index in [9.17, 15) is 14.9 Å². The number of carbonyl (C=O) groups excluding carboxylic acids is 2. The van der Waals surface area contributed by atoms with Crippen LogP contribution in [-0.4, -0.2) is 28.9 Å². The fourth-order valence-electron chi connectivity index (χ4n) is 2.73. The fraction of sp³-hybridized carbons (Fsp3) is 0.438. The van der Waals surface area contributed by atoms with Crippen LogP contribution in [-0.2, 0) is 20.9 Å². The van der Waals surface area contributed by atoms with Crippen molar-refractivity contribution in [3.8, 4) is 6.07 Å². The van der Waals surface area contributed by atoms with Gasteiger partial charge in [0.2, 0.25) is 11.4 Å². The summed E-state index contributed by atoms with van der Waals surface area (Å²) in [5.41, 5.74) is -0.646. The summed E-state index contributed by atoms with van der Waals surface area (Å²) in [7, 11) is 0. The molecule has 1 aromatic rings. The van der Waals surface area contributed by atoms with E-state index in [1.54, 1.807) is 13.8 Å². The summed E-state index contributed by atoms with van der Waals surface area (Å²) in [6, 6.07) is 11.4. The Kier molecular flexibility index (Phi) is 4.27. The molecule has 0 N–H and O–H groups in total. The Morgan fingerprint density at radius 2 is 2.14 bits per heavy atom. The molecule has 1 aromatic carbocycles. The van der Waals surface area contributed by atoms with E-state index in [0.717, 1.165) is 5.56 Å². The van der Waals surface area contributed by atoms with Gasteiger partial charge in [-0.25, -0.2) is 4.79 Å². The van der Waals surface area contributed by atoms with Gasteiger partial charge in [-0.05, 0) is 12.5 Å². The summed E-state index contributed by atoms with van der Waals surface area (Å²) in [5, 5.41) is 9.61. The molecule has 0 spiro atoms. The maximum Gasteiger partial charge on any atom is 0.347 e. The highest BCUT2D eigenvalue weighted by molar-refractivity contribution is 5.95. The van der Waals surface area contributed by atoms with E-state index >= 15 is 0 Å². The molecule has 5 nitrogen and oxygen atoms in total. The molecule has 0 aromatic heterocycles. The summed E-state index contributed by atoms with van der Waals surface area (Å²) < 4.78 is 5.05. The lowest BCUT2D eigenvalue weighted by Gasteiger charge is -2.32. The minimum absolute atomic E-state index is 0.180. The highest BCUT2D eigenvalue weighted by Gasteiger charge is 2.58. The van der Waals surface area contributed by atoms with Gasteiger partial charge in [-0.15, -0.1) is 0 Å². The van der Waals surface area contributed by atoms with E-state index in [4.69, 9.17) is 4.74 Å². The number of rotatable bonds is 4. The number of esters is 1. The van der Waals surface area contributed by atoms with Crippen molar-refractivity contribution in [2.45, 2.75) is 32.4 Å². The quantitative estimate of drug-likeness (QED) is 0.792. The van der Waals surface area contributed by atoms with Crippen LogP contribution in [0, 0.1) is 17.2 Å². The number of amides is 1. The molecular weight excluding hydrogens is 268 g/mol. The molecule has 1 aliphatic rings. The highest BCUT2D eigenvalue weighted by Crippen LogP contribution is 2.37. The van der Waals surface area contributed by atoms with Crippen molar-refractivity contribution in [3.63, 3.8) is 0 Å². The Morgan fingerprint density at radius 3 is 2.71 bits per heavy atom. The smallest absolute Gasteiger partial charge is 0.347 e. The minimum atomic E-state index is -1.52. The number of hydrogen-bond donors (Lipinski definition) is 0. The van der Waals surface area contributed by atoms with Crippen LogP contribution in [0.1, 0.15) is 25.8 Å². The SMILES string of the molecule is CCOC(=O)[C@]1(C#N)[C@H](C)CC(=O)N1Cc1ccccc1. The number of nitriles is 1. The van der Waals surface area contributed by atoms with Gasteiger partial charge in [-0.3, -0.25) is 4.79 Å². The van der Waals surface area contributed by atoms with Crippen molar-refractivity contribution in [2.75, 3.05) is 6.61 Å². The summed E-state index contributed by atoms with van der Waals surface area (Å²) in [4.78, 5) is 25.9. The fourth-order valence-corrected chi connectivity index (χ4v) is 2.73. The maximum absolute atomic E-state index is 12.3. The molecule has 5 heteroatoms. The van der Waals surface area contributed by atoms with Gasteiger partial charge in [-0.2, -0.15) is 5.26 Å². The molecule has 0 bridgehead atoms. The highest BCUT2D eigenvalue weighted by atomic mass is 16.5. The Labute approximate surface area is 124 Å². The van der Waals surface area contributed by atoms with Gasteiger partial charge in [0.15, 0.2) is 0 Å². The van der Waals surface area contributed by atoms with Crippen molar-refractivity contribution in [3.05, 3.63) is 35.9 Å². The molecule has 1 fully saturated rings. The van der Waals surface area contributed by atoms with Crippen LogP contribution in [0.5, 0.6) is 0 Å². The van der Waals surface area contributed by atoms with Gasteiger partial charge < -0.3 is 9.64 Å². The van der Waals surface area contributed by atoms with Crippen molar-refractivity contribution in [2.24, 2.45) is 5.92 Å². The van der Waals surface area contributed by atoms with E-state index in [1.807, 2.05) is 36.4 Å². The van der Waals surface area contributed by atoms with Crippen molar-refractivity contribution >= 4 is 11.9 Å². The first kappa shape index (κ1) is 15.0. The van der Waals surface area contributed by atoms with Crippen LogP contribution in [0.25, 0.3) is 0 Å². The second kappa shape index (κ2) is 5.96. The number of likely N-dealkylation sites (tertiary alicyclic amines) is 1. The Hall–Kier alpha value is -2.35. The number of hydrogen-bond acceptors (Lipinski definition) is 4. The standard InChI is InChI=1S/C16H18N2O3/c1-3-21-15(20)16(11-17)12(2)9-14(19)18(16)10-13-7-5-4-6-8-13/h4-8,12H,3,9-10H2,1-2H3/t12-,16+/m1/s1. The first-order valence-corrected chi connectivity index (χ1v) is 6.99. The Bertz CT molecular complexity index is 579. The first-order valence-electron chi connectivity index (χ1n) is 6.99. The molecule has 21 heavy (non-hydrogen) atoms. The van der Waals surface area contributed by atoms with Crippen LogP contribution in [0.3, 0.4) is 0 Å². The number of carbonyl (C=O) groups is 2. The lowest BCUT2D eigenvalue weighted by Crippen LogP contribution is -2.54. The zero-order valence-corrected chi connectivity index (χ0v) is 12.2. The Balaban J connectivity index is 2.38. The van der Waals surface area contributed by atoms with Crippen LogP contribution in [0.2, 0.25) is 0 Å². The van der Waals surface area contributed by atoms with E-state index in [0.29, 0.717) is 0 Å². The zero-order valence-electron chi connectivity index (χ0n) is 12.2. The number of benzene rings is 1. The Morgan fingerprint density at radius 1 is 1.48 bits per heavy atom. The normalized spacial score (nSPS) is 24.7. The topological polar surface area (TPSA) is 70.4 Å². The summed E-state index contributed by atoms with van der Waals surface area (Å²) in [6.45, 7) is 3.84. The lowest BCUT2D eigenvalue weighted by molar-refractivity contribution is -0.157. The largest absolute Gasteiger partial charge is 0.463 e. The zero-order chi connectivity index (χ0) is 15.5. The molecule has 110 valence electrons.